The van der Waals surface area contributed by atoms with Crippen molar-refractivity contribution in [3.05, 3.63) is 72.9 Å². The van der Waals surface area contributed by atoms with Gasteiger partial charge in [-0.25, -0.2) is 0 Å². The summed E-state index contributed by atoms with van der Waals surface area (Å²) in [5.41, 5.74) is 0. The van der Waals surface area contributed by atoms with Gasteiger partial charge in [0.05, 0.1) is 0 Å². The van der Waals surface area contributed by atoms with E-state index in [0.717, 1.165) is 124 Å². The van der Waals surface area contributed by atoms with E-state index in [-0.39, 0.29) is 11.9 Å². The third kappa shape index (κ3) is 33.1. The molecule has 0 heterocycles. The first-order valence-electron chi connectivity index (χ1n) is 20.4. The minimum Gasteiger partial charge on any atom is -0.0885 e. The van der Waals surface area contributed by atoms with E-state index in [1.807, 2.05) is 0 Å². The van der Waals surface area contributed by atoms with Crippen molar-refractivity contribution in [2.45, 2.75) is 191 Å². The molecule has 0 amide bonds. The molecular formula is C44H76O4Sn. The predicted octanol–water partition coefficient (Wildman–Crippen LogP) is 14.3. The molecule has 5 heteroatoms. The monoisotopic (exact) mass is 788 g/mol. The van der Waals surface area contributed by atoms with Crippen LogP contribution in [-0.2, 0) is 15.7 Å². The van der Waals surface area contributed by atoms with Gasteiger partial charge in [0, 0.05) is 0 Å². The number of rotatable bonds is 34. The summed E-state index contributed by atoms with van der Waals surface area (Å²) >= 11 is -3.83. The number of allylic oxidation sites excluding steroid dienone is 12. The van der Waals surface area contributed by atoms with Gasteiger partial charge in [0.2, 0.25) is 0 Å². The quantitative estimate of drug-likeness (QED) is 0.0370. The standard InChI is InChI=1S/2C18H30O2.2C4H9.Sn/c2*1-2-3-4-5-6-7-8-9-10-11-12-13-14-15-16-17-18(19)20;2*1-3-4-2;/h2*3-4,6-7,9-10H,2,5,8,11-17H2,1H3,(H,19,20);2*1,3-4H2,2H3;/q;;;;+2/p-2/b4-3+,7-6+,10-9+;4-3-,7-6-,10-9-;;;. The Balaban J connectivity index is 4.37. The summed E-state index contributed by atoms with van der Waals surface area (Å²) in [6.45, 7) is 8.63. The average molecular weight is 788 g/mol. The summed E-state index contributed by atoms with van der Waals surface area (Å²) in [7, 11) is 0. The SMILES string of the molecule is CC/C=C\C/C=C\C/C=C\CCCCCCCC(=O)[O][Sn]([CH2]CCC)([CH2]CCC)[O]C(=O)CCCCCCC/C=C/C/C=C/C/C=C/CC. The van der Waals surface area contributed by atoms with Gasteiger partial charge < -0.3 is 0 Å². The van der Waals surface area contributed by atoms with Gasteiger partial charge in [-0.05, 0) is 25.7 Å². The van der Waals surface area contributed by atoms with Crippen LogP contribution in [0, 0.1) is 0 Å². The van der Waals surface area contributed by atoms with Crippen molar-refractivity contribution in [1.82, 2.24) is 0 Å². The zero-order valence-corrected chi connectivity index (χ0v) is 35.3. The molecule has 0 atom stereocenters. The Hall–Kier alpha value is -1.82. The molecule has 0 saturated carbocycles. The normalized spacial score (nSPS) is 12.7. The van der Waals surface area contributed by atoms with Gasteiger partial charge in [0.15, 0.2) is 0 Å². The molecule has 0 spiro atoms. The minimum absolute atomic E-state index is 0.133. The fraction of sp³-hybridized carbons (Fsp3) is 0.682. The molecule has 0 aromatic rings. The summed E-state index contributed by atoms with van der Waals surface area (Å²) in [4.78, 5) is 26.0. The predicted molar refractivity (Wildman–Crippen MR) is 216 cm³/mol. The summed E-state index contributed by atoms with van der Waals surface area (Å²) in [6.07, 6.45) is 51.1. The Morgan fingerprint density at radius 2 is 0.735 bits per heavy atom. The van der Waals surface area contributed by atoms with Crippen molar-refractivity contribution in [2.75, 3.05) is 0 Å². The van der Waals surface area contributed by atoms with Crippen LogP contribution in [0.15, 0.2) is 72.9 Å². The molecule has 280 valence electrons. The van der Waals surface area contributed by atoms with Crippen LogP contribution in [0.4, 0.5) is 0 Å². The van der Waals surface area contributed by atoms with Crippen LogP contribution in [0.2, 0.25) is 8.87 Å². The number of carbonyl (C=O) groups excluding carboxylic acids is 2. The van der Waals surface area contributed by atoms with Gasteiger partial charge in [-0.15, -0.1) is 0 Å². The molecule has 0 fully saturated rings. The van der Waals surface area contributed by atoms with E-state index in [0.29, 0.717) is 12.8 Å². The van der Waals surface area contributed by atoms with E-state index in [9.17, 15) is 9.59 Å². The molecule has 0 bridgehead atoms. The second-order valence-electron chi connectivity index (χ2n) is 13.3. The molecule has 0 unspecified atom stereocenters. The Morgan fingerprint density at radius 1 is 0.408 bits per heavy atom. The third-order valence-corrected chi connectivity index (χ3v) is 18.3. The third-order valence-electron chi connectivity index (χ3n) is 8.49. The van der Waals surface area contributed by atoms with Crippen molar-refractivity contribution < 1.29 is 15.7 Å². The first kappa shape index (κ1) is 47.2. The van der Waals surface area contributed by atoms with Gasteiger partial charge in [-0.2, -0.15) is 0 Å². The summed E-state index contributed by atoms with van der Waals surface area (Å²) in [5, 5.41) is 0. The van der Waals surface area contributed by atoms with E-state index in [2.05, 4.69) is 101 Å². The van der Waals surface area contributed by atoms with Gasteiger partial charge in [0.1, 0.15) is 0 Å². The topological polar surface area (TPSA) is 52.6 Å². The smallest absolute Gasteiger partial charge is 0.0885 e. The van der Waals surface area contributed by atoms with Gasteiger partial charge in [-0.3, -0.25) is 0 Å². The van der Waals surface area contributed by atoms with Crippen molar-refractivity contribution in [3.8, 4) is 0 Å². The van der Waals surface area contributed by atoms with Gasteiger partial charge >= 0.3 is 222 Å². The van der Waals surface area contributed by atoms with Crippen LogP contribution in [0.5, 0.6) is 0 Å². The molecule has 0 radical (unpaired) electrons. The molecule has 0 saturated heterocycles. The van der Waals surface area contributed by atoms with Crippen LogP contribution in [0.25, 0.3) is 0 Å². The summed E-state index contributed by atoms with van der Waals surface area (Å²) < 4.78 is 14.1. The van der Waals surface area contributed by atoms with E-state index in [4.69, 9.17) is 6.15 Å². The van der Waals surface area contributed by atoms with Crippen molar-refractivity contribution in [2.24, 2.45) is 0 Å². The molecule has 0 aromatic heterocycles. The maximum absolute atomic E-state index is 13.0. The molecule has 0 aliphatic heterocycles. The average Bonchev–Trinajstić information content (AvgIpc) is 3.09. The first-order valence-corrected chi connectivity index (χ1v) is 26.7. The van der Waals surface area contributed by atoms with E-state index in [1.165, 1.54) is 25.7 Å². The first-order chi connectivity index (χ1) is 24.0. The van der Waals surface area contributed by atoms with Gasteiger partial charge in [-0.1, -0.05) is 62.5 Å². The van der Waals surface area contributed by atoms with Crippen molar-refractivity contribution in [3.63, 3.8) is 0 Å². The number of hydrogen-bond donors (Lipinski definition) is 0. The van der Waals surface area contributed by atoms with E-state index >= 15 is 0 Å². The molecule has 0 aliphatic carbocycles. The molecule has 0 rings (SSSR count). The fourth-order valence-electron chi connectivity index (χ4n) is 5.54. The van der Waals surface area contributed by atoms with Crippen molar-refractivity contribution in [1.29, 1.82) is 0 Å². The zero-order chi connectivity index (χ0) is 35.9. The molecule has 0 aliphatic rings. The molecular weight excluding hydrogens is 711 g/mol. The fourth-order valence-corrected chi connectivity index (χ4v) is 15.6. The van der Waals surface area contributed by atoms with Crippen LogP contribution in [0.3, 0.4) is 0 Å². The van der Waals surface area contributed by atoms with Crippen LogP contribution in [-0.4, -0.2) is 31.1 Å². The Morgan fingerprint density at radius 3 is 1.10 bits per heavy atom. The molecule has 0 aromatic carbocycles. The molecule has 4 nitrogen and oxygen atoms in total. The van der Waals surface area contributed by atoms with Crippen LogP contribution < -0.4 is 0 Å². The number of hydrogen-bond acceptors (Lipinski definition) is 4. The van der Waals surface area contributed by atoms with Gasteiger partial charge in [0.25, 0.3) is 0 Å². The van der Waals surface area contributed by atoms with E-state index < -0.39 is 19.2 Å². The zero-order valence-electron chi connectivity index (χ0n) is 32.4. The summed E-state index contributed by atoms with van der Waals surface area (Å²) in [6, 6.07) is 0. The molecule has 49 heavy (non-hydrogen) atoms. The Kier molecular flexibility index (Phi) is 36.0. The van der Waals surface area contributed by atoms with Crippen molar-refractivity contribution >= 4 is 31.1 Å². The van der Waals surface area contributed by atoms with Crippen LogP contribution in [0.1, 0.15) is 182 Å². The second kappa shape index (κ2) is 37.4. The summed E-state index contributed by atoms with van der Waals surface area (Å²) in [5.74, 6) is -0.266. The number of unbranched alkanes of at least 4 members (excludes halogenated alkanes) is 12. The minimum atomic E-state index is -3.83. The van der Waals surface area contributed by atoms with Crippen LogP contribution >= 0.6 is 0 Å². The molecule has 0 N–H and O–H groups in total. The maximum atomic E-state index is 13.0. The number of carbonyl (C=O) groups is 2. The second-order valence-corrected chi connectivity index (χ2v) is 22.5. The van der Waals surface area contributed by atoms with E-state index in [1.54, 1.807) is 0 Å². The Labute approximate surface area is 309 Å². The Bertz CT molecular complexity index is 867.